The van der Waals surface area contributed by atoms with Crippen LogP contribution in [-0.2, 0) is 25.6 Å². The van der Waals surface area contributed by atoms with Gasteiger partial charge in [-0.05, 0) is 42.5 Å². The molecule has 0 N–H and O–H groups in total. The summed E-state index contributed by atoms with van der Waals surface area (Å²) in [6.07, 6.45) is 0.949. The number of ether oxygens (including phenoxy) is 3. The van der Waals surface area contributed by atoms with Crippen LogP contribution in [0.25, 0.3) is 0 Å². The number of benzene rings is 3. The minimum absolute atomic E-state index is 0.00338. The second-order valence-corrected chi connectivity index (χ2v) is 9.12. The molecule has 0 aliphatic rings. The molecule has 0 fully saturated rings. The van der Waals surface area contributed by atoms with Gasteiger partial charge in [-0.1, -0.05) is 18.2 Å². The molecule has 0 saturated heterocycles. The van der Waals surface area contributed by atoms with E-state index >= 15 is 0 Å². The number of hydrogen-bond donors (Lipinski definition) is 0. The first-order valence-corrected chi connectivity index (χ1v) is 12.4. The smallest absolute Gasteiger partial charge is 0.264 e. The van der Waals surface area contributed by atoms with E-state index in [1.54, 1.807) is 42.5 Å². The van der Waals surface area contributed by atoms with E-state index in [4.69, 9.17) is 18.4 Å². The lowest BCUT2D eigenvalue weighted by molar-refractivity contribution is -0.116. The fourth-order valence-electron chi connectivity index (χ4n) is 3.22. The van der Waals surface area contributed by atoms with Gasteiger partial charge in [0.25, 0.3) is 10.1 Å². The molecular weight excluding hydrogens is 477 g/mol. The quantitative estimate of drug-likeness (QED) is 0.280. The molecule has 35 heavy (non-hydrogen) atoms. The van der Waals surface area contributed by atoms with E-state index in [1.807, 2.05) is 6.07 Å². The van der Waals surface area contributed by atoms with Gasteiger partial charge in [-0.25, -0.2) is 4.39 Å². The van der Waals surface area contributed by atoms with Gasteiger partial charge in [0.15, 0.2) is 5.75 Å². The van der Waals surface area contributed by atoms with Crippen molar-refractivity contribution < 1.29 is 36.0 Å². The van der Waals surface area contributed by atoms with Crippen molar-refractivity contribution in [2.75, 3.05) is 31.5 Å². The molecule has 0 heterocycles. The lowest BCUT2D eigenvalue weighted by Crippen LogP contribution is -2.28. The van der Waals surface area contributed by atoms with Gasteiger partial charge in [0.1, 0.15) is 36.3 Å². The van der Waals surface area contributed by atoms with Crippen molar-refractivity contribution in [2.24, 2.45) is 0 Å². The van der Waals surface area contributed by atoms with Crippen molar-refractivity contribution in [3.63, 3.8) is 0 Å². The van der Waals surface area contributed by atoms with Gasteiger partial charge in [-0.2, -0.15) is 8.42 Å². The Bertz CT molecular complexity index is 1270. The van der Waals surface area contributed by atoms with Crippen LogP contribution in [-0.4, -0.2) is 40.9 Å². The Balaban J connectivity index is 1.92. The lowest BCUT2D eigenvalue weighted by atomic mass is 10.1. The van der Waals surface area contributed by atoms with Crippen LogP contribution >= 0.6 is 0 Å². The number of para-hydroxylation sites is 1. The number of amides is 1. The summed E-state index contributed by atoms with van der Waals surface area (Å²) in [6.45, 7) is 1.13. The molecule has 0 atom stereocenters. The summed E-state index contributed by atoms with van der Waals surface area (Å²) >= 11 is 0. The van der Waals surface area contributed by atoms with Crippen LogP contribution in [0, 0.1) is 5.82 Å². The Kier molecular flexibility index (Phi) is 8.67. The summed E-state index contributed by atoms with van der Waals surface area (Å²) in [5.74, 6) is 0.827. The van der Waals surface area contributed by atoms with Crippen molar-refractivity contribution in [1.82, 2.24) is 0 Å². The van der Waals surface area contributed by atoms with Gasteiger partial charge in [-0.15, -0.1) is 0 Å². The highest BCUT2D eigenvalue weighted by molar-refractivity contribution is 7.85. The van der Waals surface area contributed by atoms with E-state index in [0.717, 1.165) is 6.26 Å². The monoisotopic (exact) mass is 503 g/mol. The zero-order valence-electron chi connectivity index (χ0n) is 19.6. The van der Waals surface area contributed by atoms with Crippen molar-refractivity contribution in [3.8, 4) is 23.0 Å². The van der Waals surface area contributed by atoms with E-state index in [9.17, 15) is 17.6 Å². The summed E-state index contributed by atoms with van der Waals surface area (Å²) < 4.78 is 58.3. The molecule has 0 aliphatic carbocycles. The molecule has 0 spiro atoms. The molecular formula is C25H26FNO7S. The minimum atomic E-state index is -3.60. The predicted octanol–water partition coefficient (Wildman–Crippen LogP) is 4.53. The lowest BCUT2D eigenvalue weighted by Gasteiger charge is -2.25. The molecule has 0 aliphatic heterocycles. The van der Waals surface area contributed by atoms with Gasteiger partial charge in [0.05, 0.1) is 25.6 Å². The maximum Gasteiger partial charge on any atom is 0.264 e. The largest absolute Gasteiger partial charge is 0.497 e. The number of nitrogens with zero attached hydrogens (tertiary/aromatic N) is 1. The third-order valence-corrected chi connectivity index (χ3v) is 5.39. The van der Waals surface area contributed by atoms with Gasteiger partial charge in [-0.3, -0.25) is 8.98 Å². The fourth-order valence-corrected chi connectivity index (χ4v) is 3.59. The molecule has 186 valence electrons. The highest BCUT2D eigenvalue weighted by Crippen LogP contribution is 2.35. The van der Waals surface area contributed by atoms with Crippen molar-refractivity contribution in [2.45, 2.75) is 13.5 Å². The summed E-state index contributed by atoms with van der Waals surface area (Å²) in [6, 6.07) is 17.9. The number of carbonyl (C=O) groups excluding carboxylic acids is 1. The number of anilines is 1. The first kappa shape index (κ1) is 26.0. The number of halogens is 1. The van der Waals surface area contributed by atoms with Crippen LogP contribution in [0.15, 0.2) is 66.7 Å². The molecule has 10 heteroatoms. The fraction of sp³-hybridized carbons (Fsp3) is 0.240. The molecule has 3 rings (SSSR count). The predicted molar refractivity (Wildman–Crippen MR) is 129 cm³/mol. The summed E-state index contributed by atoms with van der Waals surface area (Å²) in [5.41, 5.74) is 0.782. The average Bonchev–Trinajstić information content (AvgIpc) is 2.82. The number of carbonyl (C=O) groups is 1. The Hall–Kier alpha value is -3.63. The standard InChI is InChI=1S/C25H26FNO7S/c1-18(28)27(23-16-20(26)9-11-25(23)34-21-7-5-4-6-8-21)17-19-15-22(31-2)10-12-24(19)32-13-14-33-35(3,29)30/h4-12,15-16H,13-14,17H2,1-3H3. The van der Waals surface area contributed by atoms with Crippen molar-refractivity contribution in [1.29, 1.82) is 0 Å². The number of hydrogen-bond acceptors (Lipinski definition) is 7. The number of rotatable bonds is 11. The third-order valence-electron chi connectivity index (χ3n) is 4.80. The Morgan fingerprint density at radius 1 is 0.943 bits per heavy atom. The maximum atomic E-state index is 14.2. The van der Waals surface area contributed by atoms with Crippen LogP contribution in [0.3, 0.4) is 0 Å². The van der Waals surface area contributed by atoms with Crippen molar-refractivity contribution in [3.05, 3.63) is 78.1 Å². The van der Waals surface area contributed by atoms with Gasteiger partial charge in [0.2, 0.25) is 5.91 Å². The minimum Gasteiger partial charge on any atom is -0.497 e. The zero-order chi connectivity index (χ0) is 25.4. The molecule has 0 unspecified atom stereocenters. The molecule has 3 aromatic rings. The second-order valence-electron chi connectivity index (χ2n) is 7.48. The molecule has 0 aromatic heterocycles. The Labute approximate surface area is 203 Å². The van der Waals surface area contributed by atoms with Crippen molar-refractivity contribution >= 4 is 21.7 Å². The summed E-state index contributed by atoms with van der Waals surface area (Å²) in [5, 5.41) is 0. The highest BCUT2D eigenvalue weighted by Gasteiger charge is 2.21. The van der Waals surface area contributed by atoms with E-state index in [2.05, 4.69) is 0 Å². The Morgan fingerprint density at radius 2 is 1.66 bits per heavy atom. The maximum absolute atomic E-state index is 14.2. The molecule has 0 bridgehead atoms. The van der Waals surface area contributed by atoms with E-state index in [-0.39, 0.29) is 31.4 Å². The van der Waals surface area contributed by atoms with Gasteiger partial charge in [0, 0.05) is 18.6 Å². The molecule has 8 nitrogen and oxygen atoms in total. The van der Waals surface area contributed by atoms with E-state index in [1.165, 1.54) is 37.1 Å². The molecule has 1 amide bonds. The first-order valence-electron chi connectivity index (χ1n) is 10.6. The zero-order valence-corrected chi connectivity index (χ0v) is 20.4. The van der Waals surface area contributed by atoms with Crippen LogP contribution in [0.5, 0.6) is 23.0 Å². The van der Waals surface area contributed by atoms with Crippen LogP contribution in [0.1, 0.15) is 12.5 Å². The van der Waals surface area contributed by atoms with Crippen LogP contribution in [0.4, 0.5) is 10.1 Å². The summed E-state index contributed by atoms with van der Waals surface area (Å²) in [4.78, 5) is 14.0. The normalized spacial score (nSPS) is 11.1. The molecule has 0 saturated carbocycles. The molecule has 3 aromatic carbocycles. The van der Waals surface area contributed by atoms with Crippen LogP contribution in [0.2, 0.25) is 0 Å². The number of methoxy groups -OCH3 is 1. The second kappa shape index (κ2) is 11.7. The highest BCUT2D eigenvalue weighted by atomic mass is 32.2. The SMILES string of the molecule is COc1ccc(OCCOS(C)(=O)=O)c(CN(C(C)=O)c2cc(F)ccc2Oc2ccccc2)c1. The van der Waals surface area contributed by atoms with Gasteiger partial charge >= 0.3 is 0 Å². The van der Waals surface area contributed by atoms with Crippen LogP contribution < -0.4 is 19.1 Å². The summed E-state index contributed by atoms with van der Waals surface area (Å²) in [7, 11) is -2.10. The van der Waals surface area contributed by atoms with E-state index < -0.39 is 15.9 Å². The Morgan fingerprint density at radius 3 is 2.31 bits per heavy atom. The van der Waals surface area contributed by atoms with Gasteiger partial charge < -0.3 is 19.1 Å². The topological polar surface area (TPSA) is 91.4 Å². The van der Waals surface area contributed by atoms with E-state index in [0.29, 0.717) is 28.6 Å². The average molecular weight is 504 g/mol. The molecule has 0 radical (unpaired) electrons. The first-order chi connectivity index (χ1) is 16.7. The third kappa shape index (κ3) is 7.69.